The molecule has 2 aliphatic heterocycles. The molecule has 1 N–H and O–H groups in total. The molecule has 1 aromatic carbocycles. The second-order valence-corrected chi connectivity index (χ2v) is 8.67. The third-order valence-corrected chi connectivity index (χ3v) is 6.37. The smallest absolute Gasteiger partial charge is 0.222 e. The molecule has 5 rings (SSSR count). The molecule has 2 aromatic heterocycles. The van der Waals surface area contributed by atoms with Crippen LogP contribution in [0.25, 0.3) is 16.7 Å². The number of likely N-dealkylation sites (tertiary alicyclic amines) is 1. The van der Waals surface area contributed by atoms with Crippen molar-refractivity contribution in [3.63, 3.8) is 0 Å². The molecule has 4 heterocycles. The molecule has 1 fully saturated rings. The summed E-state index contributed by atoms with van der Waals surface area (Å²) in [4.78, 5) is 29.8. The molecular formula is C25H28FN7O3. The van der Waals surface area contributed by atoms with Crippen molar-refractivity contribution in [1.29, 1.82) is 0 Å². The summed E-state index contributed by atoms with van der Waals surface area (Å²) in [5.41, 5.74) is 6.20. The summed E-state index contributed by atoms with van der Waals surface area (Å²) in [6.07, 6.45) is 5.04. The minimum Gasteiger partial charge on any atom is -0.497 e. The van der Waals surface area contributed by atoms with Crippen molar-refractivity contribution in [2.75, 3.05) is 52.3 Å². The van der Waals surface area contributed by atoms with E-state index < -0.39 is 5.82 Å². The van der Waals surface area contributed by atoms with Crippen LogP contribution in [-0.2, 0) is 4.79 Å². The molecule has 1 amide bonds. The monoisotopic (exact) mass is 493 g/mol. The number of nitrogens with one attached hydrogen (secondary N) is 1. The van der Waals surface area contributed by atoms with Crippen LogP contribution in [0.4, 0.5) is 15.9 Å². The fourth-order valence-electron chi connectivity index (χ4n) is 4.43. The fraction of sp³-hybridized carbons (Fsp3) is 0.360. The van der Waals surface area contributed by atoms with Crippen LogP contribution in [0.3, 0.4) is 0 Å². The minimum atomic E-state index is -0.544. The highest BCUT2D eigenvalue weighted by Crippen LogP contribution is 2.36. The second-order valence-electron chi connectivity index (χ2n) is 8.67. The molecule has 2 aliphatic rings. The number of rotatable bonds is 8. The number of anilines is 2. The maximum atomic E-state index is 15.5. The quantitative estimate of drug-likeness (QED) is 0.508. The summed E-state index contributed by atoms with van der Waals surface area (Å²) < 4.78 is 26.2. The molecule has 36 heavy (non-hydrogen) atoms. The normalized spacial score (nSPS) is 15.6. The molecule has 1 saturated heterocycles. The summed E-state index contributed by atoms with van der Waals surface area (Å²) in [5.74, 6) is 0.532. The number of pyridine rings is 1. The first-order valence-electron chi connectivity index (χ1n) is 11.7. The predicted molar refractivity (Wildman–Crippen MR) is 133 cm³/mol. The number of carbonyl (C=O) groups is 1. The van der Waals surface area contributed by atoms with E-state index in [1.807, 2.05) is 24.3 Å². The van der Waals surface area contributed by atoms with Crippen molar-refractivity contribution in [3.05, 3.63) is 48.2 Å². The van der Waals surface area contributed by atoms with E-state index in [4.69, 9.17) is 19.4 Å². The Kier molecular flexibility index (Phi) is 6.55. The van der Waals surface area contributed by atoms with E-state index in [-0.39, 0.29) is 17.3 Å². The van der Waals surface area contributed by atoms with Crippen molar-refractivity contribution in [1.82, 2.24) is 30.3 Å². The van der Waals surface area contributed by atoms with E-state index in [1.165, 1.54) is 20.3 Å². The lowest BCUT2D eigenvalue weighted by Crippen LogP contribution is -2.34. The van der Waals surface area contributed by atoms with Crippen molar-refractivity contribution >= 4 is 34.1 Å². The zero-order chi connectivity index (χ0) is 25.2. The number of methoxy groups -OCH3 is 2. The summed E-state index contributed by atoms with van der Waals surface area (Å²) in [5, 5.41) is 1.87. The minimum absolute atomic E-state index is 0.0549. The molecule has 0 radical (unpaired) electrons. The molecule has 3 aromatic rings. The van der Waals surface area contributed by atoms with Crippen molar-refractivity contribution in [2.45, 2.75) is 12.8 Å². The highest BCUT2D eigenvalue weighted by atomic mass is 19.1. The van der Waals surface area contributed by atoms with Gasteiger partial charge in [0.2, 0.25) is 5.91 Å². The van der Waals surface area contributed by atoms with Crippen LogP contribution >= 0.6 is 0 Å². The number of nitrogens with zero attached hydrogens (tertiary/aromatic N) is 6. The van der Waals surface area contributed by atoms with Gasteiger partial charge in [0.25, 0.3) is 0 Å². The number of aromatic nitrogens is 3. The Labute approximate surface area is 208 Å². The number of amides is 1. The Morgan fingerprint density at radius 1 is 1.19 bits per heavy atom. The van der Waals surface area contributed by atoms with Crippen molar-refractivity contribution in [2.24, 2.45) is 0 Å². The van der Waals surface area contributed by atoms with Gasteiger partial charge in [-0.05, 0) is 18.6 Å². The van der Waals surface area contributed by atoms with E-state index in [2.05, 4.69) is 10.4 Å². The highest BCUT2D eigenvalue weighted by Gasteiger charge is 2.25. The van der Waals surface area contributed by atoms with Crippen LogP contribution in [0.15, 0.2) is 36.7 Å². The number of fused-ring (bicyclic) bond motifs is 1. The van der Waals surface area contributed by atoms with Crippen LogP contribution in [0.1, 0.15) is 18.5 Å². The summed E-state index contributed by atoms with van der Waals surface area (Å²) >= 11 is 0. The fourth-order valence-corrected chi connectivity index (χ4v) is 4.43. The Morgan fingerprint density at radius 3 is 2.75 bits per heavy atom. The van der Waals surface area contributed by atoms with E-state index >= 15 is 4.39 Å². The molecule has 0 atom stereocenters. The number of carbonyl (C=O) groups excluding carboxylic acids is 1. The number of hydrogen-bond donors (Lipinski definition) is 1. The molecule has 0 saturated carbocycles. The predicted octanol–water partition coefficient (Wildman–Crippen LogP) is 2.73. The molecule has 188 valence electrons. The number of benzene rings is 1. The van der Waals surface area contributed by atoms with Gasteiger partial charge < -0.3 is 24.3 Å². The molecule has 10 nitrogen and oxygen atoms in total. The second kappa shape index (κ2) is 9.94. The Balaban J connectivity index is 1.57. The van der Waals surface area contributed by atoms with Gasteiger partial charge in [0.15, 0.2) is 17.2 Å². The van der Waals surface area contributed by atoms with E-state index in [9.17, 15) is 4.79 Å². The topological polar surface area (TPSA) is 96.0 Å². The SMILES string of the molecule is COc1cc(OC)c(F)c(N(CCN2CCCC2=O)c2ccc3ncc(C4=CN(C)NC4)nc3n2)c1. The molecular weight excluding hydrogens is 465 g/mol. The summed E-state index contributed by atoms with van der Waals surface area (Å²) in [6.45, 7) is 2.08. The molecule has 0 unspecified atom stereocenters. The van der Waals surface area contributed by atoms with E-state index in [0.717, 1.165) is 12.0 Å². The third-order valence-electron chi connectivity index (χ3n) is 6.37. The van der Waals surface area contributed by atoms with Gasteiger partial charge >= 0.3 is 0 Å². The van der Waals surface area contributed by atoms with Crippen LogP contribution < -0.4 is 19.8 Å². The number of hydrazine groups is 1. The van der Waals surface area contributed by atoms with Gasteiger partial charge in [0.1, 0.15) is 17.1 Å². The first-order valence-corrected chi connectivity index (χ1v) is 11.7. The van der Waals surface area contributed by atoms with Crippen molar-refractivity contribution < 1.29 is 18.7 Å². The molecule has 0 spiro atoms. The highest BCUT2D eigenvalue weighted by molar-refractivity contribution is 5.79. The molecule has 0 aliphatic carbocycles. The summed E-state index contributed by atoms with van der Waals surface area (Å²) in [7, 11) is 4.83. The molecule has 11 heteroatoms. The van der Waals surface area contributed by atoms with Gasteiger partial charge in [-0.1, -0.05) is 0 Å². The van der Waals surface area contributed by atoms with Gasteiger partial charge in [0.05, 0.1) is 31.8 Å². The largest absolute Gasteiger partial charge is 0.497 e. The zero-order valence-corrected chi connectivity index (χ0v) is 20.5. The Hall–Kier alpha value is -3.99. The van der Waals surface area contributed by atoms with Crippen LogP contribution in [-0.4, -0.2) is 78.2 Å². The van der Waals surface area contributed by atoms with Gasteiger partial charge in [-0.25, -0.2) is 19.8 Å². The van der Waals surface area contributed by atoms with Crippen LogP contribution in [0.2, 0.25) is 0 Å². The number of halogens is 1. The van der Waals surface area contributed by atoms with E-state index in [0.29, 0.717) is 61.0 Å². The van der Waals surface area contributed by atoms with Crippen LogP contribution in [0, 0.1) is 5.82 Å². The maximum Gasteiger partial charge on any atom is 0.222 e. The molecule has 0 bridgehead atoms. The Bertz CT molecular complexity index is 1330. The van der Waals surface area contributed by atoms with Gasteiger partial charge in [0, 0.05) is 63.6 Å². The van der Waals surface area contributed by atoms with Gasteiger partial charge in [-0.15, -0.1) is 0 Å². The standard InChI is InChI=1S/C25H28FN7O3/c1-31-15-16(13-28-31)19-14-27-18-6-7-22(30-25(18)29-19)33(10-9-32-8-4-5-23(32)34)20-11-17(35-2)12-21(36-3)24(20)26/h6-7,11-12,14-15,28H,4-5,8-10,13H2,1-3H3. The van der Waals surface area contributed by atoms with Crippen molar-refractivity contribution in [3.8, 4) is 11.5 Å². The first kappa shape index (κ1) is 23.7. The van der Waals surface area contributed by atoms with E-state index in [1.54, 1.807) is 28.1 Å². The number of ether oxygens (including phenoxy) is 2. The third kappa shape index (κ3) is 4.61. The Morgan fingerprint density at radius 2 is 2.06 bits per heavy atom. The first-order chi connectivity index (χ1) is 17.5. The average Bonchev–Trinajstić information content (AvgIpc) is 3.52. The van der Waals surface area contributed by atoms with Gasteiger partial charge in [-0.2, -0.15) is 0 Å². The zero-order valence-electron chi connectivity index (χ0n) is 20.5. The lowest BCUT2D eigenvalue weighted by Gasteiger charge is -2.28. The maximum absolute atomic E-state index is 15.5. The lowest BCUT2D eigenvalue weighted by molar-refractivity contribution is -0.127. The van der Waals surface area contributed by atoms with Crippen LogP contribution in [0.5, 0.6) is 11.5 Å². The van der Waals surface area contributed by atoms with Gasteiger partial charge in [-0.3, -0.25) is 9.78 Å². The number of hydrogen-bond acceptors (Lipinski definition) is 9. The summed E-state index contributed by atoms with van der Waals surface area (Å²) in [6, 6.07) is 6.68. The lowest BCUT2D eigenvalue weighted by atomic mass is 10.2. The average molecular weight is 494 g/mol.